The van der Waals surface area contributed by atoms with Gasteiger partial charge in [0.25, 0.3) is 0 Å². The second-order valence-electron chi connectivity index (χ2n) is 3.93. The lowest BCUT2D eigenvalue weighted by molar-refractivity contribution is 0.467. The van der Waals surface area contributed by atoms with Gasteiger partial charge in [-0.05, 0) is 31.6 Å². The molecule has 1 rings (SSSR count). The molecule has 2 heteroatoms. The zero-order chi connectivity index (χ0) is 8.59. The van der Waals surface area contributed by atoms with Gasteiger partial charge in [0.15, 0.2) is 0 Å². The van der Waals surface area contributed by atoms with E-state index >= 15 is 0 Å². The van der Waals surface area contributed by atoms with Crippen LogP contribution in [0, 0.1) is 17.8 Å². The third-order valence-electron chi connectivity index (χ3n) is 2.98. The van der Waals surface area contributed by atoms with Crippen molar-refractivity contribution in [2.75, 3.05) is 0 Å². The van der Waals surface area contributed by atoms with Crippen LogP contribution in [0.1, 0.15) is 27.7 Å². The molecule has 1 N–H and O–H groups in total. The first-order valence-electron chi connectivity index (χ1n) is 4.48. The number of nitrogens with one attached hydrogen (secondary N) is 1. The summed E-state index contributed by atoms with van der Waals surface area (Å²) >= 11 is 4.31. The highest BCUT2D eigenvalue weighted by Gasteiger charge is 2.45. The first kappa shape index (κ1) is 9.40. The number of thiol groups is 1. The van der Waals surface area contributed by atoms with Gasteiger partial charge in [-0.2, -0.15) is 12.6 Å². The molecular formula is C9H19NS. The summed E-state index contributed by atoms with van der Waals surface area (Å²) in [6, 6.07) is 0.632. The molecule has 4 unspecified atom stereocenters. The Kier molecular flexibility index (Phi) is 2.87. The van der Waals surface area contributed by atoms with E-state index in [1.54, 1.807) is 0 Å². The Labute approximate surface area is 75.4 Å². The van der Waals surface area contributed by atoms with Gasteiger partial charge in [-0.1, -0.05) is 13.8 Å². The minimum atomic E-state index is 0.324. The average molecular weight is 173 g/mol. The van der Waals surface area contributed by atoms with Gasteiger partial charge >= 0.3 is 0 Å². The van der Waals surface area contributed by atoms with E-state index < -0.39 is 0 Å². The lowest BCUT2D eigenvalue weighted by atomic mass is 10.2. The van der Waals surface area contributed by atoms with Crippen molar-refractivity contribution >= 4 is 12.6 Å². The van der Waals surface area contributed by atoms with Crippen molar-refractivity contribution < 1.29 is 0 Å². The second-order valence-corrected chi connectivity index (χ2v) is 4.70. The van der Waals surface area contributed by atoms with Crippen LogP contribution >= 0.6 is 12.6 Å². The van der Waals surface area contributed by atoms with Crippen molar-refractivity contribution in [3.05, 3.63) is 0 Å². The fourth-order valence-electron chi connectivity index (χ4n) is 2.10. The zero-order valence-corrected chi connectivity index (χ0v) is 8.73. The lowest BCUT2D eigenvalue weighted by Gasteiger charge is -2.15. The number of hydrogen-bond donors (Lipinski definition) is 2. The van der Waals surface area contributed by atoms with Crippen LogP contribution in [-0.2, 0) is 0 Å². The van der Waals surface area contributed by atoms with Gasteiger partial charge in [0.1, 0.15) is 0 Å². The van der Waals surface area contributed by atoms with Gasteiger partial charge < -0.3 is 5.32 Å². The monoisotopic (exact) mass is 173 g/mol. The Bertz CT molecular complexity index is 128. The second kappa shape index (κ2) is 3.36. The number of rotatable bonds is 3. The van der Waals surface area contributed by atoms with E-state index in [9.17, 15) is 0 Å². The quantitative estimate of drug-likeness (QED) is 0.492. The topological polar surface area (TPSA) is 12.0 Å². The Hall–Kier alpha value is 0.310. The minimum absolute atomic E-state index is 0.324. The molecule has 0 bridgehead atoms. The highest BCUT2D eigenvalue weighted by molar-refractivity contribution is 7.80. The molecule has 0 aromatic carbocycles. The Balaban J connectivity index is 2.27. The molecule has 0 aromatic rings. The van der Waals surface area contributed by atoms with Crippen LogP contribution in [0.15, 0.2) is 0 Å². The van der Waals surface area contributed by atoms with Crippen molar-refractivity contribution in [2.24, 2.45) is 17.8 Å². The van der Waals surface area contributed by atoms with Crippen molar-refractivity contribution in [3.8, 4) is 0 Å². The third-order valence-corrected chi connectivity index (χ3v) is 3.13. The fourth-order valence-corrected chi connectivity index (χ4v) is 2.34. The van der Waals surface area contributed by atoms with Crippen LogP contribution in [0.3, 0.4) is 0 Å². The molecule has 0 radical (unpaired) electrons. The normalized spacial score (nSPS) is 41.7. The maximum atomic E-state index is 4.31. The molecular weight excluding hydrogens is 154 g/mol. The van der Waals surface area contributed by atoms with E-state index in [2.05, 4.69) is 45.6 Å². The van der Waals surface area contributed by atoms with Gasteiger partial charge in [-0.3, -0.25) is 0 Å². The van der Waals surface area contributed by atoms with Gasteiger partial charge in [0, 0.05) is 11.4 Å². The van der Waals surface area contributed by atoms with Crippen LogP contribution in [0.25, 0.3) is 0 Å². The standard InChI is InChI=1S/C9H19NS/c1-5-6(2)9(5)7(3)10-8(4)11/h5-11H,1-4H3. The maximum Gasteiger partial charge on any atom is 0.0475 e. The third kappa shape index (κ3) is 2.12. The first-order valence-corrected chi connectivity index (χ1v) is 4.99. The molecule has 1 fully saturated rings. The summed E-state index contributed by atoms with van der Waals surface area (Å²) in [6.07, 6.45) is 0. The molecule has 0 heterocycles. The van der Waals surface area contributed by atoms with E-state index in [1.807, 2.05) is 0 Å². The molecule has 11 heavy (non-hydrogen) atoms. The van der Waals surface area contributed by atoms with Gasteiger partial charge in [-0.25, -0.2) is 0 Å². The van der Waals surface area contributed by atoms with E-state index in [0.29, 0.717) is 11.4 Å². The molecule has 0 aromatic heterocycles. The highest BCUT2D eigenvalue weighted by atomic mass is 32.1. The summed E-state index contributed by atoms with van der Waals surface area (Å²) in [7, 11) is 0. The van der Waals surface area contributed by atoms with Crippen LogP contribution < -0.4 is 5.32 Å². The van der Waals surface area contributed by atoms with E-state index in [4.69, 9.17) is 0 Å². The summed E-state index contributed by atoms with van der Waals surface area (Å²) in [5.41, 5.74) is 0. The minimum Gasteiger partial charge on any atom is -0.303 e. The van der Waals surface area contributed by atoms with Crippen molar-refractivity contribution in [3.63, 3.8) is 0 Å². The summed E-state index contributed by atoms with van der Waals surface area (Å²) in [5, 5.41) is 3.75. The predicted molar refractivity (Wildman–Crippen MR) is 52.9 cm³/mol. The Morgan fingerprint density at radius 3 is 1.91 bits per heavy atom. The van der Waals surface area contributed by atoms with Crippen molar-refractivity contribution in [1.29, 1.82) is 0 Å². The predicted octanol–water partition coefficient (Wildman–Crippen LogP) is 2.14. The SMILES string of the molecule is CC(S)NC(C)C1C(C)C1C. The van der Waals surface area contributed by atoms with E-state index in [-0.39, 0.29) is 0 Å². The molecule has 1 aliphatic rings. The Morgan fingerprint density at radius 1 is 1.18 bits per heavy atom. The summed E-state index contributed by atoms with van der Waals surface area (Å²) < 4.78 is 0. The zero-order valence-electron chi connectivity index (χ0n) is 7.83. The van der Waals surface area contributed by atoms with Gasteiger partial charge in [0.05, 0.1) is 0 Å². The van der Waals surface area contributed by atoms with Crippen LogP contribution in [0.4, 0.5) is 0 Å². The summed E-state index contributed by atoms with van der Waals surface area (Å²) in [4.78, 5) is 0. The Morgan fingerprint density at radius 2 is 1.64 bits per heavy atom. The largest absolute Gasteiger partial charge is 0.303 e. The maximum absolute atomic E-state index is 4.31. The molecule has 0 saturated heterocycles. The number of hydrogen-bond acceptors (Lipinski definition) is 2. The first-order chi connectivity index (χ1) is 5.04. The summed E-state index contributed by atoms with van der Waals surface area (Å²) in [6.45, 7) is 9.00. The molecule has 1 nitrogen and oxygen atoms in total. The molecule has 66 valence electrons. The highest BCUT2D eigenvalue weighted by Crippen LogP contribution is 2.47. The molecule has 0 spiro atoms. The molecule has 1 saturated carbocycles. The van der Waals surface area contributed by atoms with E-state index in [1.165, 1.54) is 0 Å². The summed E-state index contributed by atoms with van der Waals surface area (Å²) in [5.74, 6) is 2.69. The van der Waals surface area contributed by atoms with Crippen molar-refractivity contribution in [1.82, 2.24) is 5.32 Å². The molecule has 4 atom stereocenters. The molecule has 1 aliphatic carbocycles. The molecule has 0 amide bonds. The van der Waals surface area contributed by atoms with Crippen LogP contribution in [0.2, 0.25) is 0 Å². The fraction of sp³-hybridized carbons (Fsp3) is 1.00. The van der Waals surface area contributed by atoms with Gasteiger partial charge in [0.2, 0.25) is 0 Å². The van der Waals surface area contributed by atoms with Crippen molar-refractivity contribution in [2.45, 2.75) is 39.1 Å². The van der Waals surface area contributed by atoms with Gasteiger partial charge in [-0.15, -0.1) is 0 Å². The molecule has 0 aliphatic heterocycles. The van der Waals surface area contributed by atoms with Crippen LogP contribution in [0.5, 0.6) is 0 Å². The average Bonchev–Trinajstić information content (AvgIpc) is 2.39. The van der Waals surface area contributed by atoms with E-state index in [0.717, 1.165) is 17.8 Å². The lowest BCUT2D eigenvalue weighted by Crippen LogP contribution is -2.33. The van der Waals surface area contributed by atoms with Crippen LogP contribution in [-0.4, -0.2) is 11.4 Å². The smallest absolute Gasteiger partial charge is 0.0475 e.